The van der Waals surface area contributed by atoms with E-state index >= 15 is 0 Å². The first kappa shape index (κ1) is 17.2. The van der Waals surface area contributed by atoms with E-state index in [9.17, 15) is 9.59 Å². The van der Waals surface area contributed by atoms with Crippen LogP contribution < -0.4 is 5.32 Å². The highest BCUT2D eigenvalue weighted by atomic mass is 16.5. The van der Waals surface area contributed by atoms with Crippen LogP contribution in [0.4, 0.5) is 5.69 Å². The molecule has 0 aliphatic carbocycles. The van der Waals surface area contributed by atoms with Gasteiger partial charge in [-0.3, -0.25) is 14.0 Å². The van der Waals surface area contributed by atoms with Crippen LogP contribution in [0.15, 0.2) is 48.7 Å². The van der Waals surface area contributed by atoms with Crippen LogP contribution in [0, 0.1) is 6.92 Å². The second-order valence-electron chi connectivity index (χ2n) is 6.41. The van der Waals surface area contributed by atoms with Gasteiger partial charge in [-0.1, -0.05) is 24.3 Å². The molecule has 3 aromatic rings. The van der Waals surface area contributed by atoms with Crippen LogP contribution >= 0.6 is 0 Å². The van der Waals surface area contributed by atoms with Crippen molar-refractivity contribution in [1.29, 1.82) is 0 Å². The number of hydrogen-bond donors (Lipinski definition) is 1. The first-order valence-corrected chi connectivity index (χ1v) is 8.86. The van der Waals surface area contributed by atoms with E-state index < -0.39 is 0 Å². The maximum Gasteiger partial charge on any atom is 0.292 e. The molecule has 0 unspecified atom stereocenters. The van der Waals surface area contributed by atoms with Crippen molar-refractivity contribution in [1.82, 2.24) is 14.3 Å². The van der Waals surface area contributed by atoms with Crippen molar-refractivity contribution in [3.63, 3.8) is 0 Å². The third-order valence-electron chi connectivity index (χ3n) is 4.65. The van der Waals surface area contributed by atoms with Gasteiger partial charge in [0, 0.05) is 25.0 Å². The molecule has 27 heavy (non-hydrogen) atoms. The van der Waals surface area contributed by atoms with Gasteiger partial charge in [-0.05, 0) is 30.7 Å². The van der Waals surface area contributed by atoms with Crippen molar-refractivity contribution < 1.29 is 14.3 Å². The molecule has 7 nitrogen and oxygen atoms in total. The number of rotatable bonds is 3. The summed E-state index contributed by atoms with van der Waals surface area (Å²) in [5, 5.41) is 2.88. The standard InChI is InChI=1S/C20H20N4O3/c1-14-6-2-3-7-15(14)21-19(25)18-22-17(16-8-4-5-9-24(16)18)20(26)23-10-12-27-13-11-23/h2-9H,10-13H2,1H3,(H,21,25). The molecule has 1 aromatic carbocycles. The van der Waals surface area contributed by atoms with Crippen LogP contribution in [0.5, 0.6) is 0 Å². The van der Waals surface area contributed by atoms with Gasteiger partial charge in [0.1, 0.15) is 0 Å². The van der Waals surface area contributed by atoms with E-state index in [1.54, 1.807) is 21.6 Å². The third kappa shape index (κ3) is 3.29. The Bertz CT molecular complexity index is 1010. The Kier molecular flexibility index (Phi) is 4.60. The summed E-state index contributed by atoms with van der Waals surface area (Å²) in [6.45, 7) is 3.99. The van der Waals surface area contributed by atoms with Gasteiger partial charge in [-0.2, -0.15) is 0 Å². The lowest BCUT2D eigenvalue weighted by molar-refractivity contribution is 0.0300. The van der Waals surface area contributed by atoms with Crippen LogP contribution in [-0.2, 0) is 4.74 Å². The zero-order valence-corrected chi connectivity index (χ0v) is 15.0. The number of amides is 2. The van der Waals surface area contributed by atoms with E-state index in [1.165, 1.54) is 0 Å². The Morgan fingerprint density at radius 1 is 1.07 bits per heavy atom. The molecule has 7 heteroatoms. The van der Waals surface area contributed by atoms with E-state index in [0.717, 1.165) is 11.3 Å². The van der Waals surface area contributed by atoms with Crippen molar-refractivity contribution in [2.45, 2.75) is 6.92 Å². The highest BCUT2D eigenvalue weighted by molar-refractivity contribution is 6.06. The molecule has 0 saturated carbocycles. The van der Waals surface area contributed by atoms with Gasteiger partial charge < -0.3 is 15.0 Å². The average Bonchev–Trinajstić information content (AvgIpc) is 3.10. The van der Waals surface area contributed by atoms with E-state index in [4.69, 9.17) is 4.74 Å². The summed E-state index contributed by atoms with van der Waals surface area (Å²) in [6.07, 6.45) is 1.74. The second-order valence-corrected chi connectivity index (χ2v) is 6.41. The fourth-order valence-corrected chi connectivity index (χ4v) is 3.16. The largest absolute Gasteiger partial charge is 0.378 e. The maximum absolute atomic E-state index is 12.9. The zero-order chi connectivity index (χ0) is 18.8. The molecule has 1 aliphatic heterocycles. The topological polar surface area (TPSA) is 75.9 Å². The molecule has 4 rings (SSSR count). The van der Waals surface area contributed by atoms with Crippen molar-refractivity contribution in [3.8, 4) is 0 Å². The quantitative estimate of drug-likeness (QED) is 0.774. The van der Waals surface area contributed by atoms with Gasteiger partial charge in [-0.15, -0.1) is 0 Å². The number of benzene rings is 1. The molecule has 1 N–H and O–H groups in total. The molecular formula is C20H20N4O3. The third-order valence-corrected chi connectivity index (χ3v) is 4.65. The van der Waals surface area contributed by atoms with E-state index in [2.05, 4.69) is 10.3 Å². The van der Waals surface area contributed by atoms with Gasteiger partial charge in [0.2, 0.25) is 5.82 Å². The molecule has 1 aliphatic rings. The minimum absolute atomic E-state index is 0.183. The maximum atomic E-state index is 12.9. The number of hydrogen-bond acceptors (Lipinski definition) is 4. The minimum atomic E-state index is -0.355. The van der Waals surface area contributed by atoms with Crippen molar-refractivity contribution >= 4 is 23.0 Å². The van der Waals surface area contributed by atoms with Crippen molar-refractivity contribution in [2.75, 3.05) is 31.6 Å². The molecule has 0 radical (unpaired) electrons. The SMILES string of the molecule is Cc1ccccc1NC(=O)c1nc(C(=O)N2CCOCC2)c2ccccn12. The predicted molar refractivity (Wildman–Crippen MR) is 101 cm³/mol. The highest BCUT2D eigenvalue weighted by Crippen LogP contribution is 2.19. The second kappa shape index (κ2) is 7.20. The summed E-state index contributed by atoms with van der Waals surface area (Å²) in [7, 11) is 0. The number of anilines is 1. The number of fused-ring (bicyclic) bond motifs is 1. The lowest BCUT2D eigenvalue weighted by atomic mass is 10.2. The number of aromatic nitrogens is 2. The predicted octanol–water partition coefficient (Wildman–Crippen LogP) is 2.37. The highest BCUT2D eigenvalue weighted by Gasteiger charge is 2.26. The normalized spacial score (nSPS) is 14.3. The van der Waals surface area contributed by atoms with Gasteiger partial charge in [0.25, 0.3) is 11.8 Å². The van der Waals surface area contributed by atoms with Crippen LogP contribution in [0.3, 0.4) is 0 Å². The zero-order valence-electron chi connectivity index (χ0n) is 15.0. The molecule has 138 valence electrons. The summed E-state index contributed by atoms with van der Waals surface area (Å²) in [4.78, 5) is 31.9. The van der Waals surface area contributed by atoms with E-state index in [-0.39, 0.29) is 23.3 Å². The number of ether oxygens (including phenoxy) is 1. The number of carbonyl (C=O) groups excluding carboxylic acids is 2. The number of para-hydroxylation sites is 1. The Labute approximate surface area is 156 Å². The number of aryl methyl sites for hydroxylation is 1. The summed E-state index contributed by atoms with van der Waals surface area (Å²) in [5.41, 5.74) is 2.57. The molecule has 0 bridgehead atoms. The summed E-state index contributed by atoms with van der Waals surface area (Å²) in [5.74, 6) is -0.353. The Morgan fingerprint density at radius 3 is 2.59 bits per heavy atom. The lowest BCUT2D eigenvalue weighted by Gasteiger charge is -2.26. The minimum Gasteiger partial charge on any atom is -0.378 e. The van der Waals surface area contributed by atoms with Gasteiger partial charge in [0.05, 0.1) is 18.7 Å². The molecular weight excluding hydrogens is 344 g/mol. The molecule has 1 fully saturated rings. The number of carbonyl (C=O) groups is 2. The Hall–Kier alpha value is -3.19. The van der Waals surface area contributed by atoms with Crippen LogP contribution in [0.2, 0.25) is 0 Å². The molecule has 2 amide bonds. The molecule has 2 aromatic heterocycles. The number of nitrogens with one attached hydrogen (secondary N) is 1. The average molecular weight is 364 g/mol. The summed E-state index contributed by atoms with van der Waals surface area (Å²) < 4.78 is 6.96. The molecule has 0 atom stereocenters. The molecule has 0 spiro atoms. The summed E-state index contributed by atoms with van der Waals surface area (Å²) >= 11 is 0. The number of morpholine rings is 1. The fraction of sp³-hybridized carbons (Fsp3) is 0.250. The van der Waals surface area contributed by atoms with Gasteiger partial charge in [-0.25, -0.2) is 4.98 Å². The van der Waals surface area contributed by atoms with Gasteiger partial charge >= 0.3 is 0 Å². The first-order chi connectivity index (χ1) is 13.1. The van der Waals surface area contributed by atoms with E-state index in [1.807, 2.05) is 43.3 Å². The van der Waals surface area contributed by atoms with Crippen molar-refractivity contribution in [2.24, 2.45) is 0 Å². The number of nitrogens with zero attached hydrogens (tertiary/aromatic N) is 3. The first-order valence-electron chi connectivity index (χ1n) is 8.86. The van der Waals surface area contributed by atoms with E-state index in [0.29, 0.717) is 31.8 Å². The smallest absolute Gasteiger partial charge is 0.292 e. The van der Waals surface area contributed by atoms with Crippen LogP contribution in [0.25, 0.3) is 5.52 Å². The van der Waals surface area contributed by atoms with Crippen molar-refractivity contribution in [3.05, 3.63) is 65.7 Å². The monoisotopic (exact) mass is 364 g/mol. The number of pyridine rings is 1. The summed E-state index contributed by atoms with van der Waals surface area (Å²) in [6, 6.07) is 13.0. The lowest BCUT2D eigenvalue weighted by Crippen LogP contribution is -2.40. The molecule has 3 heterocycles. The van der Waals surface area contributed by atoms with Crippen LogP contribution in [-0.4, -0.2) is 52.4 Å². The fourth-order valence-electron chi connectivity index (χ4n) is 3.16. The molecule has 1 saturated heterocycles. The Morgan fingerprint density at radius 2 is 1.81 bits per heavy atom. The van der Waals surface area contributed by atoms with Gasteiger partial charge in [0.15, 0.2) is 5.69 Å². The van der Waals surface area contributed by atoms with Crippen LogP contribution in [0.1, 0.15) is 26.7 Å². The Balaban J connectivity index is 1.70. The number of imidazole rings is 1.